The van der Waals surface area contributed by atoms with Crippen molar-refractivity contribution in [2.75, 3.05) is 0 Å². The first kappa shape index (κ1) is 20.4. The molecule has 5 rings (SSSR count). The van der Waals surface area contributed by atoms with Crippen molar-refractivity contribution in [2.24, 2.45) is 11.7 Å². The Morgan fingerprint density at radius 3 is 2.84 bits per heavy atom. The van der Waals surface area contributed by atoms with Crippen LogP contribution in [0.3, 0.4) is 0 Å². The van der Waals surface area contributed by atoms with Gasteiger partial charge in [0.25, 0.3) is 5.56 Å². The van der Waals surface area contributed by atoms with E-state index in [0.717, 1.165) is 34.7 Å². The summed E-state index contributed by atoms with van der Waals surface area (Å²) >= 11 is 0. The Bertz CT molecular complexity index is 1340. The van der Waals surface area contributed by atoms with E-state index in [4.69, 9.17) is 5.73 Å². The lowest BCUT2D eigenvalue weighted by Crippen LogP contribution is -2.38. The molecule has 0 radical (unpaired) electrons. The van der Waals surface area contributed by atoms with Crippen LogP contribution in [0.2, 0.25) is 0 Å². The number of hydrogen-bond acceptors (Lipinski definition) is 5. The van der Waals surface area contributed by atoms with Crippen LogP contribution in [0, 0.1) is 5.92 Å². The van der Waals surface area contributed by atoms with Gasteiger partial charge in [-0.2, -0.15) is 0 Å². The average Bonchev–Trinajstić information content (AvgIpc) is 3.48. The molecule has 4 N–H and O–H groups in total. The number of hydrogen-bond donors (Lipinski definition) is 3. The second kappa shape index (κ2) is 8.55. The van der Waals surface area contributed by atoms with Crippen molar-refractivity contribution in [1.82, 2.24) is 24.8 Å². The van der Waals surface area contributed by atoms with Gasteiger partial charge >= 0.3 is 0 Å². The predicted octanol–water partition coefficient (Wildman–Crippen LogP) is 2.79. The van der Waals surface area contributed by atoms with Crippen LogP contribution in [0.4, 0.5) is 0 Å². The summed E-state index contributed by atoms with van der Waals surface area (Å²) in [5.74, 6) is 0.785. The van der Waals surface area contributed by atoms with E-state index in [-0.39, 0.29) is 17.5 Å². The Kier molecular flexibility index (Phi) is 5.45. The molecule has 1 aliphatic carbocycles. The quantitative estimate of drug-likeness (QED) is 0.417. The highest BCUT2D eigenvalue weighted by atomic mass is 16.1. The molecule has 0 aliphatic heterocycles. The molecule has 32 heavy (non-hydrogen) atoms. The van der Waals surface area contributed by atoms with Crippen LogP contribution in [-0.2, 0) is 11.3 Å². The summed E-state index contributed by atoms with van der Waals surface area (Å²) in [5.41, 5.74) is 7.91. The number of aromatic nitrogens is 4. The first-order valence-electron chi connectivity index (χ1n) is 11.0. The molecule has 1 aromatic carbocycles. The first-order valence-corrected chi connectivity index (χ1v) is 11.0. The number of H-pyrrole nitrogens is 1. The zero-order valence-corrected chi connectivity index (χ0v) is 17.8. The van der Waals surface area contributed by atoms with Gasteiger partial charge in [0.1, 0.15) is 12.0 Å². The fraction of sp³-hybridized carbons (Fsp3) is 0.333. The number of primary amides is 1. The third-order valence-electron chi connectivity index (χ3n) is 6.46. The van der Waals surface area contributed by atoms with Crippen molar-refractivity contribution < 1.29 is 4.79 Å². The highest BCUT2D eigenvalue weighted by molar-refractivity contribution is 5.87. The summed E-state index contributed by atoms with van der Waals surface area (Å²) < 4.78 is 1.62. The van der Waals surface area contributed by atoms with Crippen LogP contribution in [0.15, 0.2) is 53.7 Å². The average molecular weight is 431 g/mol. The number of benzene rings is 1. The molecule has 4 aromatic rings. The minimum atomic E-state index is -0.266. The molecular weight excluding hydrogens is 404 g/mol. The number of carbonyl (C=O) groups excluding carboxylic acids is 1. The fourth-order valence-electron chi connectivity index (χ4n) is 4.89. The van der Waals surface area contributed by atoms with E-state index >= 15 is 0 Å². The van der Waals surface area contributed by atoms with Crippen LogP contribution in [0.25, 0.3) is 27.8 Å². The maximum absolute atomic E-state index is 12.8. The fourth-order valence-corrected chi connectivity index (χ4v) is 4.89. The second-order valence-electron chi connectivity index (χ2n) is 8.54. The summed E-state index contributed by atoms with van der Waals surface area (Å²) in [7, 11) is 0. The number of amides is 1. The lowest BCUT2D eigenvalue weighted by atomic mass is 9.94. The van der Waals surface area contributed by atoms with Gasteiger partial charge in [0.2, 0.25) is 5.91 Å². The highest BCUT2D eigenvalue weighted by Gasteiger charge is 2.26. The number of carbonyl (C=O) groups is 1. The summed E-state index contributed by atoms with van der Waals surface area (Å²) in [5, 5.41) is 5.29. The second-order valence-corrected chi connectivity index (χ2v) is 8.54. The number of nitrogens with two attached hydrogens (primary N) is 1. The molecule has 1 saturated carbocycles. The lowest BCUT2D eigenvalue weighted by Gasteiger charge is -2.24. The van der Waals surface area contributed by atoms with Gasteiger partial charge in [-0.15, -0.1) is 0 Å². The van der Waals surface area contributed by atoms with E-state index in [0.29, 0.717) is 30.3 Å². The molecule has 3 heterocycles. The van der Waals surface area contributed by atoms with E-state index in [2.05, 4.69) is 26.3 Å². The Balaban J connectivity index is 1.46. The summed E-state index contributed by atoms with van der Waals surface area (Å²) in [6.45, 7) is 0.638. The highest BCUT2D eigenvalue weighted by Crippen LogP contribution is 2.29. The van der Waals surface area contributed by atoms with Crippen LogP contribution in [0.1, 0.15) is 37.7 Å². The molecule has 1 fully saturated rings. The number of fused-ring (bicyclic) bond motifs is 2. The summed E-state index contributed by atoms with van der Waals surface area (Å²) in [4.78, 5) is 36.0. The molecule has 0 saturated heterocycles. The van der Waals surface area contributed by atoms with Crippen LogP contribution in [-0.4, -0.2) is 31.5 Å². The number of nitrogens with zero attached hydrogens (tertiary/aromatic N) is 3. The van der Waals surface area contributed by atoms with E-state index in [1.165, 1.54) is 19.2 Å². The topological polar surface area (TPSA) is 119 Å². The van der Waals surface area contributed by atoms with Crippen molar-refractivity contribution in [3.05, 3.63) is 64.8 Å². The maximum atomic E-state index is 12.8. The molecule has 8 heteroatoms. The van der Waals surface area contributed by atoms with Gasteiger partial charge in [-0.3, -0.25) is 14.2 Å². The predicted molar refractivity (Wildman–Crippen MR) is 123 cm³/mol. The monoisotopic (exact) mass is 430 g/mol. The molecular formula is C24H26N6O2. The number of aromatic amines is 1. The molecule has 1 atom stereocenters. The van der Waals surface area contributed by atoms with Gasteiger partial charge in [-0.05, 0) is 54.0 Å². The Hall–Kier alpha value is -3.52. The molecule has 164 valence electrons. The number of rotatable bonds is 7. The summed E-state index contributed by atoms with van der Waals surface area (Å²) in [6.07, 6.45) is 8.32. The van der Waals surface area contributed by atoms with Crippen molar-refractivity contribution in [2.45, 2.75) is 44.7 Å². The van der Waals surface area contributed by atoms with Crippen molar-refractivity contribution >= 4 is 27.8 Å². The zero-order valence-electron chi connectivity index (χ0n) is 17.8. The number of pyridine rings is 1. The Labute approximate surface area is 184 Å². The van der Waals surface area contributed by atoms with Gasteiger partial charge in [-0.25, -0.2) is 9.97 Å². The molecule has 0 spiro atoms. The zero-order chi connectivity index (χ0) is 22.1. The Morgan fingerprint density at radius 1 is 1.19 bits per heavy atom. The van der Waals surface area contributed by atoms with Crippen LogP contribution < -0.4 is 16.6 Å². The van der Waals surface area contributed by atoms with E-state index in [9.17, 15) is 9.59 Å². The first-order chi connectivity index (χ1) is 15.6. The van der Waals surface area contributed by atoms with E-state index < -0.39 is 0 Å². The van der Waals surface area contributed by atoms with E-state index in [1.54, 1.807) is 16.8 Å². The van der Waals surface area contributed by atoms with Crippen molar-refractivity contribution in [3.8, 4) is 5.82 Å². The molecule has 0 bridgehead atoms. The minimum absolute atomic E-state index is 0.0996. The largest absolute Gasteiger partial charge is 0.370 e. The van der Waals surface area contributed by atoms with Gasteiger partial charge in [0.15, 0.2) is 5.82 Å². The van der Waals surface area contributed by atoms with Gasteiger partial charge in [0.05, 0.1) is 10.9 Å². The summed E-state index contributed by atoms with van der Waals surface area (Å²) in [6, 6.07) is 11.4. The van der Waals surface area contributed by atoms with Crippen LogP contribution >= 0.6 is 0 Å². The lowest BCUT2D eigenvalue weighted by molar-refractivity contribution is -0.118. The molecule has 1 unspecified atom stereocenters. The van der Waals surface area contributed by atoms with Gasteiger partial charge in [-0.1, -0.05) is 18.9 Å². The Morgan fingerprint density at radius 2 is 2.03 bits per heavy atom. The molecule has 1 amide bonds. The normalized spacial score (nSPS) is 15.5. The van der Waals surface area contributed by atoms with Crippen molar-refractivity contribution in [1.29, 1.82) is 0 Å². The maximum Gasteiger partial charge on any atom is 0.256 e. The third kappa shape index (κ3) is 3.89. The smallest absolute Gasteiger partial charge is 0.256 e. The number of nitrogens with one attached hydrogen (secondary N) is 2. The van der Waals surface area contributed by atoms with Gasteiger partial charge < -0.3 is 16.0 Å². The van der Waals surface area contributed by atoms with Gasteiger partial charge in [0, 0.05) is 31.3 Å². The molecule has 3 aromatic heterocycles. The molecule has 8 nitrogen and oxygen atoms in total. The molecule has 1 aliphatic rings. The third-order valence-corrected chi connectivity index (χ3v) is 6.46. The SMILES string of the molecule is NC(=O)CC(NCc1ccc2c(ccc(=O)n2-c2ncnc3[nH]ccc23)c1)C1CCCC1. The minimum Gasteiger partial charge on any atom is -0.370 e. The van der Waals surface area contributed by atoms with Crippen molar-refractivity contribution in [3.63, 3.8) is 0 Å². The standard InChI is InChI=1S/C24H26N6O2/c25-21(31)12-19(16-3-1-2-4-16)27-13-15-5-7-20-17(11-15)6-8-22(32)30(20)24-18-9-10-26-23(18)28-14-29-24/h5-11,14,16,19,27H,1-4,12-13H2,(H2,25,31)(H,26,28,29). The van der Waals surface area contributed by atoms with Crippen LogP contribution in [0.5, 0.6) is 0 Å². The van der Waals surface area contributed by atoms with E-state index in [1.807, 2.05) is 24.3 Å².